The van der Waals surface area contributed by atoms with Gasteiger partial charge in [0.15, 0.2) is 0 Å². The predicted octanol–water partition coefficient (Wildman–Crippen LogP) is 3.89. The lowest BCUT2D eigenvalue weighted by molar-refractivity contribution is -0.116. The van der Waals surface area contributed by atoms with Crippen molar-refractivity contribution in [2.45, 2.75) is 32.7 Å². The van der Waals surface area contributed by atoms with Crippen molar-refractivity contribution in [3.8, 4) is 11.5 Å². The summed E-state index contributed by atoms with van der Waals surface area (Å²) in [7, 11) is 2.97. The van der Waals surface area contributed by atoms with Crippen LogP contribution in [0, 0.1) is 5.92 Å². The van der Waals surface area contributed by atoms with E-state index in [2.05, 4.69) is 17.2 Å². The van der Waals surface area contributed by atoms with E-state index in [4.69, 9.17) is 21.1 Å². The highest BCUT2D eigenvalue weighted by atomic mass is 35.5. The number of carbonyl (C=O) groups excluding carboxylic acids is 1. The van der Waals surface area contributed by atoms with Crippen LogP contribution < -0.4 is 20.3 Å². The number of hydrogen-bond donors (Lipinski definition) is 1. The first kappa shape index (κ1) is 20.7. The molecule has 3 aromatic rings. The molecule has 4 rings (SSSR count). The minimum absolute atomic E-state index is 0.156. The Morgan fingerprint density at radius 3 is 2.83 bits per heavy atom. The summed E-state index contributed by atoms with van der Waals surface area (Å²) in [6.07, 6.45) is 4.36. The summed E-state index contributed by atoms with van der Waals surface area (Å²) in [5, 5.41) is 3.79. The fourth-order valence-corrected chi connectivity index (χ4v) is 5.35. The summed E-state index contributed by atoms with van der Waals surface area (Å²) >= 11 is 7.70. The number of methoxy groups -OCH3 is 2. The zero-order valence-electron chi connectivity index (χ0n) is 17.0. The number of fused-ring (bicyclic) bond motifs is 3. The van der Waals surface area contributed by atoms with E-state index in [9.17, 15) is 9.59 Å². The molecule has 30 heavy (non-hydrogen) atoms. The number of benzene rings is 1. The quantitative estimate of drug-likeness (QED) is 0.641. The number of halogens is 1. The third-order valence-electron chi connectivity index (χ3n) is 5.34. The summed E-state index contributed by atoms with van der Waals surface area (Å²) in [5.74, 6) is 1.05. The average Bonchev–Trinajstić information content (AvgIpc) is 3.09. The van der Waals surface area contributed by atoms with Crippen molar-refractivity contribution in [3.63, 3.8) is 0 Å². The molecule has 1 aliphatic rings. The number of thiophene rings is 1. The molecule has 158 valence electrons. The molecule has 0 fully saturated rings. The van der Waals surface area contributed by atoms with Gasteiger partial charge in [-0.3, -0.25) is 14.2 Å². The maximum Gasteiger partial charge on any atom is 0.262 e. The highest BCUT2D eigenvalue weighted by Gasteiger charge is 2.23. The fraction of sp³-hybridized carbons (Fsp3) is 0.381. The Balaban J connectivity index is 1.61. The first-order valence-corrected chi connectivity index (χ1v) is 10.8. The van der Waals surface area contributed by atoms with Crippen molar-refractivity contribution in [2.75, 3.05) is 19.5 Å². The molecule has 1 aromatic carbocycles. The van der Waals surface area contributed by atoms with Gasteiger partial charge in [0.05, 0.1) is 36.6 Å². The van der Waals surface area contributed by atoms with Gasteiger partial charge in [-0.05, 0) is 30.7 Å². The van der Waals surface area contributed by atoms with E-state index in [1.165, 1.54) is 30.0 Å². The maximum atomic E-state index is 13.1. The van der Waals surface area contributed by atoms with Crippen molar-refractivity contribution in [2.24, 2.45) is 5.92 Å². The van der Waals surface area contributed by atoms with Gasteiger partial charge in [-0.2, -0.15) is 0 Å². The minimum atomic E-state index is -0.376. The number of hydrogen-bond acceptors (Lipinski definition) is 6. The molecule has 0 saturated heterocycles. The maximum absolute atomic E-state index is 13.1. The predicted molar refractivity (Wildman–Crippen MR) is 118 cm³/mol. The van der Waals surface area contributed by atoms with Gasteiger partial charge in [-0.15, -0.1) is 11.3 Å². The molecule has 7 nitrogen and oxygen atoms in total. The number of rotatable bonds is 5. The van der Waals surface area contributed by atoms with E-state index in [0.29, 0.717) is 33.5 Å². The van der Waals surface area contributed by atoms with Gasteiger partial charge >= 0.3 is 0 Å². The Kier molecular flexibility index (Phi) is 5.71. The first-order chi connectivity index (χ1) is 14.4. The Hall–Kier alpha value is -2.58. The second-order valence-corrected chi connectivity index (χ2v) is 8.94. The Morgan fingerprint density at radius 1 is 1.33 bits per heavy atom. The first-order valence-electron chi connectivity index (χ1n) is 9.62. The molecular weight excluding hydrogens is 426 g/mol. The number of nitrogens with one attached hydrogen (secondary N) is 1. The summed E-state index contributed by atoms with van der Waals surface area (Å²) in [5.41, 5.74) is 1.33. The van der Waals surface area contributed by atoms with Gasteiger partial charge in [0, 0.05) is 17.0 Å². The summed E-state index contributed by atoms with van der Waals surface area (Å²) in [6.45, 7) is 2.07. The molecule has 1 amide bonds. The number of amides is 1. The zero-order valence-corrected chi connectivity index (χ0v) is 18.5. The van der Waals surface area contributed by atoms with Gasteiger partial charge in [-0.1, -0.05) is 18.5 Å². The smallest absolute Gasteiger partial charge is 0.262 e. The van der Waals surface area contributed by atoms with Crippen molar-refractivity contribution in [1.82, 2.24) is 9.55 Å². The lowest BCUT2D eigenvalue weighted by Gasteiger charge is -2.17. The van der Waals surface area contributed by atoms with Crippen LogP contribution in [0.2, 0.25) is 5.02 Å². The minimum Gasteiger partial charge on any atom is -0.495 e. The number of carbonyl (C=O) groups is 1. The lowest BCUT2D eigenvalue weighted by Crippen LogP contribution is -2.28. The number of anilines is 1. The molecule has 2 aromatic heterocycles. The Bertz CT molecular complexity index is 1190. The van der Waals surface area contributed by atoms with Gasteiger partial charge in [0.25, 0.3) is 5.56 Å². The van der Waals surface area contributed by atoms with E-state index in [-0.39, 0.29) is 18.0 Å². The second kappa shape index (κ2) is 8.28. The molecule has 0 radical (unpaired) electrons. The SMILES string of the molecule is COc1cc(NC(=O)Cn2cnc3sc4c(c3c2=O)CCC(C)C4)c(OC)cc1Cl. The van der Waals surface area contributed by atoms with Gasteiger partial charge in [0.1, 0.15) is 22.9 Å². The molecule has 1 N–H and O–H groups in total. The number of ether oxygens (including phenoxy) is 2. The molecule has 1 unspecified atom stereocenters. The molecule has 0 bridgehead atoms. The zero-order chi connectivity index (χ0) is 21.4. The third-order valence-corrected chi connectivity index (χ3v) is 6.80. The van der Waals surface area contributed by atoms with Crippen LogP contribution in [0.15, 0.2) is 23.3 Å². The van der Waals surface area contributed by atoms with Crippen LogP contribution in [0.3, 0.4) is 0 Å². The van der Waals surface area contributed by atoms with Crippen molar-refractivity contribution in [3.05, 3.63) is 44.3 Å². The monoisotopic (exact) mass is 447 g/mol. The Morgan fingerprint density at radius 2 is 2.10 bits per heavy atom. The molecule has 0 saturated carbocycles. The number of aromatic nitrogens is 2. The highest BCUT2D eigenvalue weighted by Crippen LogP contribution is 2.36. The topological polar surface area (TPSA) is 82.5 Å². The lowest BCUT2D eigenvalue weighted by atomic mass is 9.89. The number of aryl methyl sites for hydroxylation is 1. The number of nitrogens with zero attached hydrogens (tertiary/aromatic N) is 2. The average molecular weight is 448 g/mol. The van der Waals surface area contributed by atoms with E-state index < -0.39 is 0 Å². The Labute approximate surface area is 182 Å². The van der Waals surface area contributed by atoms with Crippen LogP contribution in [-0.2, 0) is 24.2 Å². The van der Waals surface area contributed by atoms with Crippen molar-refractivity contribution >= 4 is 44.7 Å². The molecule has 1 atom stereocenters. The van der Waals surface area contributed by atoms with Crippen LogP contribution in [0.25, 0.3) is 10.2 Å². The van der Waals surface area contributed by atoms with Crippen LogP contribution in [0.1, 0.15) is 23.8 Å². The molecule has 1 aliphatic carbocycles. The molecule has 2 heterocycles. The van der Waals surface area contributed by atoms with Crippen molar-refractivity contribution < 1.29 is 14.3 Å². The van der Waals surface area contributed by atoms with Crippen molar-refractivity contribution in [1.29, 1.82) is 0 Å². The van der Waals surface area contributed by atoms with Crippen LogP contribution >= 0.6 is 22.9 Å². The highest BCUT2D eigenvalue weighted by molar-refractivity contribution is 7.18. The largest absolute Gasteiger partial charge is 0.495 e. The van der Waals surface area contributed by atoms with Crippen LogP contribution in [-0.4, -0.2) is 29.7 Å². The molecular formula is C21H22ClN3O4S. The van der Waals surface area contributed by atoms with E-state index >= 15 is 0 Å². The molecule has 9 heteroatoms. The summed E-state index contributed by atoms with van der Waals surface area (Å²) in [6, 6.07) is 3.15. The fourth-order valence-electron chi connectivity index (χ4n) is 3.78. The summed E-state index contributed by atoms with van der Waals surface area (Å²) < 4.78 is 11.8. The molecule has 0 spiro atoms. The van der Waals surface area contributed by atoms with E-state index in [1.54, 1.807) is 23.5 Å². The molecule has 0 aliphatic heterocycles. The second-order valence-electron chi connectivity index (χ2n) is 7.44. The standard InChI is InChI=1S/C21H22ClN3O4S/c1-11-4-5-12-17(6-11)30-20-19(12)21(27)25(10-23-20)9-18(26)24-14-8-15(28-2)13(22)7-16(14)29-3/h7-8,10-11H,4-6,9H2,1-3H3,(H,24,26). The van der Waals surface area contributed by atoms with Crippen LogP contribution in [0.4, 0.5) is 5.69 Å². The third kappa shape index (κ3) is 3.77. The van der Waals surface area contributed by atoms with E-state index in [0.717, 1.165) is 29.7 Å². The van der Waals surface area contributed by atoms with Gasteiger partial charge in [-0.25, -0.2) is 4.98 Å². The van der Waals surface area contributed by atoms with Gasteiger partial charge in [0.2, 0.25) is 5.91 Å². The van der Waals surface area contributed by atoms with Gasteiger partial charge < -0.3 is 14.8 Å². The van der Waals surface area contributed by atoms with Crippen LogP contribution in [0.5, 0.6) is 11.5 Å². The summed E-state index contributed by atoms with van der Waals surface area (Å²) in [4.78, 5) is 32.2. The van der Waals surface area contributed by atoms with E-state index in [1.807, 2.05) is 0 Å². The normalized spacial score (nSPS) is 15.7.